The van der Waals surface area contributed by atoms with Crippen molar-refractivity contribution in [2.45, 2.75) is 110 Å². The summed E-state index contributed by atoms with van der Waals surface area (Å²) in [6.07, 6.45) is 19.9. The van der Waals surface area contributed by atoms with Gasteiger partial charge in [0.25, 0.3) is 0 Å². The minimum atomic E-state index is 0.737. The number of hydrogen-bond donors (Lipinski definition) is 0. The zero-order valence-corrected chi connectivity index (χ0v) is 21.2. The van der Waals surface area contributed by atoms with Crippen LogP contribution in [0.4, 0.5) is 0 Å². The highest BCUT2D eigenvalue weighted by Crippen LogP contribution is 2.48. The van der Waals surface area contributed by atoms with E-state index in [1.807, 2.05) is 6.92 Å². The first-order valence-electron chi connectivity index (χ1n) is 12.5. The Kier molecular flexibility index (Phi) is 15.1. The summed E-state index contributed by atoms with van der Waals surface area (Å²) >= 11 is 0. The Morgan fingerprint density at radius 3 is 1.10 bits per heavy atom. The summed E-state index contributed by atoms with van der Waals surface area (Å²) in [5, 5.41) is 0. The van der Waals surface area contributed by atoms with E-state index in [1.165, 1.54) is 83.5 Å². The lowest BCUT2D eigenvalue weighted by Gasteiger charge is -2.21. The minimum absolute atomic E-state index is 0.737. The molecule has 1 aromatic carbocycles. The molecule has 0 aromatic heterocycles. The zero-order valence-electron chi connectivity index (χ0n) is 21.2. The fraction of sp³-hybridized carbons (Fsp3) is 0.778. The number of benzene rings is 1. The lowest BCUT2D eigenvalue weighted by Crippen LogP contribution is -2.05. The highest BCUT2D eigenvalue weighted by Gasteiger charge is 2.24. The van der Waals surface area contributed by atoms with Crippen molar-refractivity contribution in [1.29, 1.82) is 0 Å². The van der Waals surface area contributed by atoms with E-state index in [1.54, 1.807) is 28.4 Å². The molecule has 0 fully saturated rings. The summed E-state index contributed by atoms with van der Waals surface area (Å²) < 4.78 is 22.6. The third kappa shape index (κ3) is 9.21. The second-order valence-corrected chi connectivity index (χ2v) is 8.58. The zero-order chi connectivity index (χ0) is 22.9. The van der Waals surface area contributed by atoms with Gasteiger partial charge in [-0.1, -0.05) is 90.4 Å². The predicted molar refractivity (Wildman–Crippen MR) is 131 cm³/mol. The number of unbranched alkanes of at least 4 members (excludes halogenated alkanes) is 13. The van der Waals surface area contributed by atoms with Crippen LogP contribution < -0.4 is 18.9 Å². The fourth-order valence-electron chi connectivity index (χ4n) is 4.47. The van der Waals surface area contributed by atoms with Crippen molar-refractivity contribution in [2.24, 2.45) is 0 Å². The summed E-state index contributed by atoms with van der Waals surface area (Å²) in [5.74, 6) is 3.01. The van der Waals surface area contributed by atoms with Crippen molar-refractivity contribution < 1.29 is 18.9 Å². The number of hydrogen-bond acceptors (Lipinski definition) is 4. The van der Waals surface area contributed by atoms with Gasteiger partial charge in [-0.3, -0.25) is 0 Å². The normalized spacial score (nSPS) is 10.9. The lowest BCUT2D eigenvalue weighted by molar-refractivity contribution is 0.319. The highest BCUT2D eigenvalue weighted by molar-refractivity contribution is 5.66. The predicted octanol–water partition coefficient (Wildman–Crippen LogP) is 8.05. The molecular weight excluding hydrogens is 388 g/mol. The average molecular weight is 437 g/mol. The first-order valence-corrected chi connectivity index (χ1v) is 12.5. The number of ether oxygens (including phenoxy) is 4. The van der Waals surface area contributed by atoms with Crippen molar-refractivity contribution in [1.82, 2.24) is 0 Å². The van der Waals surface area contributed by atoms with E-state index in [2.05, 4.69) is 6.92 Å². The van der Waals surface area contributed by atoms with Gasteiger partial charge in [0.05, 0.1) is 28.4 Å². The molecule has 0 N–H and O–H groups in total. The Morgan fingerprint density at radius 2 is 0.774 bits per heavy atom. The van der Waals surface area contributed by atoms with Gasteiger partial charge < -0.3 is 18.9 Å². The first kappa shape index (κ1) is 27.5. The van der Waals surface area contributed by atoms with E-state index in [4.69, 9.17) is 18.9 Å². The maximum absolute atomic E-state index is 5.70. The van der Waals surface area contributed by atoms with Crippen LogP contribution >= 0.6 is 0 Å². The van der Waals surface area contributed by atoms with Crippen LogP contribution in [-0.4, -0.2) is 28.4 Å². The molecule has 0 amide bonds. The molecule has 0 radical (unpaired) electrons. The van der Waals surface area contributed by atoms with Gasteiger partial charge in [-0.05, 0) is 19.8 Å². The molecule has 0 bridgehead atoms. The van der Waals surface area contributed by atoms with Gasteiger partial charge in [-0.2, -0.15) is 0 Å². The van der Waals surface area contributed by atoms with E-state index >= 15 is 0 Å². The van der Waals surface area contributed by atoms with E-state index in [0.717, 1.165) is 47.0 Å². The van der Waals surface area contributed by atoms with Crippen molar-refractivity contribution in [3.8, 4) is 23.0 Å². The summed E-state index contributed by atoms with van der Waals surface area (Å²) in [4.78, 5) is 0. The molecular formula is C27H48O4. The molecule has 0 saturated carbocycles. The van der Waals surface area contributed by atoms with Gasteiger partial charge in [-0.25, -0.2) is 0 Å². The van der Waals surface area contributed by atoms with E-state index in [-0.39, 0.29) is 0 Å². The molecule has 0 aliphatic rings. The molecule has 0 aliphatic carbocycles. The average Bonchev–Trinajstić information content (AvgIpc) is 2.78. The summed E-state index contributed by atoms with van der Waals surface area (Å²) in [7, 11) is 6.73. The van der Waals surface area contributed by atoms with Gasteiger partial charge in [0.2, 0.25) is 0 Å². The maximum atomic E-state index is 5.70. The van der Waals surface area contributed by atoms with E-state index < -0.39 is 0 Å². The summed E-state index contributed by atoms with van der Waals surface area (Å²) in [5.41, 5.74) is 1.95. The third-order valence-corrected chi connectivity index (χ3v) is 6.24. The van der Waals surface area contributed by atoms with Crippen LogP contribution in [0.15, 0.2) is 0 Å². The van der Waals surface area contributed by atoms with Gasteiger partial charge in [0.1, 0.15) is 0 Å². The van der Waals surface area contributed by atoms with Crippen LogP contribution in [0.1, 0.15) is 108 Å². The Hall–Kier alpha value is -1.58. The van der Waals surface area contributed by atoms with E-state index in [9.17, 15) is 0 Å². The lowest BCUT2D eigenvalue weighted by atomic mass is 9.99. The van der Waals surface area contributed by atoms with Gasteiger partial charge in [0, 0.05) is 11.1 Å². The Balaban J connectivity index is 2.33. The molecule has 1 aromatic rings. The topological polar surface area (TPSA) is 36.9 Å². The fourth-order valence-corrected chi connectivity index (χ4v) is 4.47. The van der Waals surface area contributed by atoms with Crippen LogP contribution in [0.2, 0.25) is 0 Å². The molecule has 0 atom stereocenters. The molecule has 4 nitrogen and oxygen atoms in total. The molecule has 0 saturated heterocycles. The number of rotatable bonds is 19. The van der Waals surface area contributed by atoms with Crippen LogP contribution in [0.5, 0.6) is 23.0 Å². The second kappa shape index (κ2) is 17.0. The van der Waals surface area contributed by atoms with Crippen molar-refractivity contribution in [3.63, 3.8) is 0 Å². The monoisotopic (exact) mass is 436 g/mol. The van der Waals surface area contributed by atoms with Gasteiger partial charge in [0.15, 0.2) is 23.0 Å². The third-order valence-electron chi connectivity index (χ3n) is 6.24. The van der Waals surface area contributed by atoms with Crippen molar-refractivity contribution >= 4 is 0 Å². The maximum Gasteiger partial charge on any atom is 0.168 e. The SMILES string of the molecule is CCCCCCCCCCCCCCCCc1c(OC)c(OC)c(C)c(OC)c1OC. The molecule has 0 heterocycles. The van der Waals surface area contributed by atoms with Crippen molar-refractivity contribution in [3.05, 3.63) is 11.1 Å². The molecule has 0 spiro atoms. The van der Waals surface area contributed by atoms with Crippen LogP contribution in [0.3, 0.4) is 0 Å². The summed E-state index contributed by atoms with van der Waals surface area (Å²) in [6, 6.07) is 0. The Morgan fingerprint density at radius 1 is 0.452 bits per heavy atom. The largest absolute Gasteiger partial charge is 0.492 e. The molecule has 180 valence electrons. The summed E-state index contributed by atoms with van der Waals surface area (Å²) in [6.45, 7) is 4.25. The van der Waals surface area contributed by atoms with Crippen LogP contribution in [0.25, 0.3) is 0 Å². The Labute approximate surface area is 192 Å². The molecule has 1 rings (SSSR count). The van der Waals surface area contributed by atoms with Gasteiger partial charge in [-0.15, -0.1) is 0 Å². The van der Waals surface area contributed by atoms with Crippen molar-refractivity contribution in [2.75, 3.05) is 28.4 Å². The molecule has 0 unspecified atom stereocenters. The standard InChI is InChI=1S/C27H48O4/c1-7-8-9-10-11-12-13-14-15-16-17-18-19-20-21-23-26(30-5)24(28-3)22(2)25(29-4)27(23)31-6/h7-21H2,1-6H3. The molecule has 0 aliphatic heterocycles. The molecule has 31 heavy (non-hydrogen) atoms. The van der Waals surface area contributed by atoms with Crippen LogP contribution in [-0.2, 0) is 6.42 Å². The Bertz CT molecular complexity index is 564. The van der Waals surface area contributed by atoms with Gasteiger partial charge >= 0.3 is 0 Å². The highest BCUT2D eigenvalue weighted by atomic mass is 16.5. The second-order valence-electron chi connectivity index (χ2n) is 8.58. The van der Waals surface area contributed by atoms with Crippen LogP contribution in [0, 0.1) is 6.92 Å². The molecule has 4 heteroatoms. The first-order chi connectivity index (χ1) is 15.2. The quantitative estimate of drug-likeness (QED) is 0.206. The van der Waals surface area contributed by atoms with E-state index in [0.29, 0.717) is 0 Å². The smallest absolute Gasteiger partial charge is 0.168 e. The minimum Gasteiger partial charge on any atom is -0.492 e. The number of methoxy groups -OCH3 is 4.